The SMILES string of the molecule is Cn1cc(COc2cccc(C#CCCl)c2)nn1. The summed E-state index contributed by atoms with van der Waals surface area (Å²) in [7, 11) is 1.82. The Morgan fingerprint density at radius 2 is 2.33 bits per heavy atom. The van der Waals surface area contributed by atoms with E-state index in [2.05, 4.69) is 22.2 Å². The van der Waals surface area contributed by atoms with Crippen molar-refractivity contribution in [2.75, 3.05) is 5.88 Å². The number of aryl methyl sites for hydroxylation is 1. The first-order chi connectivity index (χ1) is 8.78. The summed E-state index contributed by atoms with van der Waals surface area (Å²) >= 11 is 5.51. The molecule has 92 valence electrons. The number of nitrogens with zero attached hydrogens (tertiary/aromatic N) is 3. The summed E-state index contributed by atoms with van der Waals surface area (Å²) in [5.74, 6) is 6.82. The molecule has 1 aromatic heterocycles. The minimum absolute atomic E-state index is 0.324. The molecule has 0 unspecified atom stereocenters. The highest BCUT2D eigenvalue weighted by Crippen LogP contribution is 2.13. The van der Waals surface area contributed by atoms with Crippen molar-refractivity contribution in [1.82, 2.24) is 15.0 Å². The fourth-order valence-corrected chi connectivity index (χ4v) is 1.48. The van der Waals surface area contributed by atoms with Gasteiger partial charge in [-0.1, -0.05) is 23.1 Å². The van der Waals surface area contributed by atoms with Gasteiger partial charge in [-0.15, -0.1) is 16.7 Å². The van der Waals surface area contributed by atoms with E-state index in [0.717, 1.165) is 17.0 Å². The van der Waals surface area contributed by atoms with Crippen LogP contribution in [-0.4, -0.2) is 20.9 Å². The van der Waals surface area contributed by atoms with Gasteiger partial charge in [0.25, 0.3) is 0 Å². The minimum atomic E-state index is 0.324. The molecule has 0 aliphatic heterocycles. The Balaban J connectivity index is 2.01. The fraction of sp³-hybridized carbons (Fsp3) is 0.231. The minimum Gasteiger partial charge on any atom is -0.487 e. The summed E-state index contributed by atoms with van der Waals surface area (Å²) in [5.41, 5.74) is 1.67. The summed E-state index contributed by atoms with van der Waals surface area (Å²) in [6, 6.07) is 7.55. The molecule has 0 amide bonds. The average molecular weight is 262 g/mol. The zero-order valence-corrected chi connectivity index (χ0v) is 10.7. The van der Waals surface area contributed by atoms with Crippen LogP contribution in [0.1, 0.15) is 11.3 Å². The summed E-state index contributed by atoms with van der Waals surface area (Å²) < 4.78 is 7.25. The van der Waals surface area contributed by atoms with Crippen molar-refractivity contribution in [2.24, 2.45) is 7.05 Å². The van der Waals surface area contributed by atoms with Crippen LogP contribution in [0.3, 0.4) is 0 Å². The molecule has 2 rings (SSSR count). The lowest BCUT2D eigenvalue weighted by Gasteiger charge is -2.03. The molecule has 0 bridgehead atoms. The predicted molar refractivity (Wildman–Crippen MR) is 69.4 cm³/mol. The van der Waals surface area contributed by atoms with Gasteiger partial charge in [0.05, 0.1) is 12.1 Å². The summed E-state index contributed by atoms with van der Waals surface area (Å²) in [4.78, 5) is 0. The highest BCUT2D eigenvalue weighted by molar-refractivity contribution is 6.19. The van der Waals surface area contributed by atoms with E-state index in [4.69, 9.17) is 16.3 Å². The van der Waals surface area contributed by atoms with Gasteiger partial charge >= 0.3 is 0 Å². The Morgan fingerprint density at radius 1 is 1.44 bits per heavy atom. The van der Waals surface area contributed by atoms with Crippen LogP contribution in [0.2, 0.25) is 0 Å². The van der Waals surface area contributed by atoms with E-state index in [1.165, 1.54) is 0 Å². The van der Waals surface area contributed by atoms with Gasteiger partial charge in [-0.25, -0.2) is 0 Å². The van der Waals surface area contributed by atoms with Crippen LogP contribution in [0, 0.1) is 11.8 Å². The average Bonchev–Trinajstić information content (AvgIpc) is 2.80. The van der Waals surface area contributed by atoms with Gasteiger partial charge in [-0.2, -0.15) is 0 Å². The molecule has 0 radical (unpaired) electrons. The van der Waals surface area contributed by atoms with Crippen LogP contribution in [-0.2, 0) is 13.7 Å². The molecular formula is C13H12ClN3O. The standard InChI is InChI=1S/C13H12ClN3O/c1-17-9-12(15-16-17)10-18-13-6-2-4-11(8-13)5-3-7-14/h2,4,6,8-9H,7,10H2,1H3. The summed E-state index contributed by atoms with van der Waals surface area (Å²) in [6.45, 7) is 0.389. The molecule has 1 aromatic carbocycles. The lowest BCUT2D eigenvalue weighted by Crippen LogP contribution is -1.96. The number of aromatic nitrogens is 3. The Morgan fingerprint density at radius 3 is 3.06 bits per heavy atom. The van der Waals surface area contributed by atoms with Gasteiger partial charge in [0.2, 0.25) is 0 Å². The van der Waals surface area contributed by atoms with Gasteiger partial charge in [0, 0.05) is 12.6 Å². The van der Waals surface area contributed by atoms with Crippen LogP contribution < -0.4 is 4.74 Å². The normalized spacial score (nSPS) is 9.67. The molecule has 0 saturated heterocycles. The second kappa shape index (κ2) is 6.08. The van der Waals surface area contributed by atoms with Crippen molar-refractivity contribution in [2.45, 2.75) is 6.61 Å². The summed E-state index contributed by atoms with van der Waals surface area (Å²) in [6.07, 6.45) is 1.82. The zero-order chi connectivity index (χ0) is 12.8. The molecule has 0 saturated carbocycles. The second-order valence-corrected chi connectivity index (χ2v) is 3.90. The van der Waals surface area contributed by atoms with E-state index in [1.54, 1.807) is 4.68 Å². The number of hydrogen-bond acceptors (Lipinski definition) is 3. The quantitative estimate of drug-likeness (QED) is 0.627. The van der Waals surface area contributed by atoms with Gasteiger partial charge in [0.15, 0.2) is 0 Å². The molecule has 0 atom stereocenters. The third kappa shape index (κ3) is 3.51. The highest BCUT2D eigenvalue weighted by atomic mass is 35.5. The van der Waals surface area contributed by atoms with Crippen molar-refractivity contribution in [3.05, 3.63) is 41.7 Å². The lowest BCUT2D eigenvalue weighted by atomic mass is 10.2. The topological polar surface area (TPSA) is 39.9 Å². The van der Waals surface area contributed by atoms with E-state index in [9.17, 15) is 0 Å². The number of ether oxygens (including phenoxy) is 1. The molecule has 0 N–H and O–H groups in total. The highest BCUT2D eigenvalue weighted by Gasteiger charge is 2.00. The molecular weight excluding hydrogens is 250 g/mol. The molecule has 2 aromatic rings. The van der Waals surface area contributed by atoms with Crippen molar-refractivity contribution in [1.29, 1.82) is 0 Å². The fourth-order valence-electron chi connectivity index (χ4n) is 1.42. The Labute approximate surface area is 111 Å². The molecule has 0 aliphatic rings. The summed E-state index contributed by atoms with van der Waals surface area (Å²) in [5, 5.41) is 7.78. The van der Waals surface area contributed by atoms with E-state index in [-0.39, 0.29) is 0 Å². The number of halogens is 1. The first-order valence-corrected chi connectivity index (χ1v) is 5.94. The number of rotatable bonds is 3. The van der Waals surface area contributed by atoms with Crippen molar-refractivity contribution in [3.63, 3.8) is 0 Å². The second-order valence-electron chi connectivity index (χ2n) is 3.64. The molecule has 1 heterocycles. The largest absolute Gasteiger partial charge is 0.487 e. The van der Waals surface area contributed by atoms with Crippen LogP contribution in [0.4, 0.5) is 0 Å². The van der Waals surface area contributed by atoms with E-state index in [0.29, 0.717) is 12.5 Å². The number of alkyl halides is 1. The molecule has 0 fully saturated rings. The molecule has 18 heavy (non-hydrogen) atoms. The number of benzene rings is 1. The van der Waals surface area contributed by atoms with Crippen molar-refractivity contribution in [3.8, 4) is 17.6 Å². The van der Waals surface area contributed by atoms with Gasteiger partial charge in [-0.3, -0.25) is 4.68 Å². The van der Waals surface area contributed by atoms with Gasteiger partial charge in [0.1, 0.15) is 18.1 Å². The van der Waals surface area contributed by atoms with Crippen molar-refractivity contribution >= 4 is 11.6 Å². The Hall–Kier alpha value is -1.99. The third-order valence-corrected chi connectivity index (χ3v) is 2.30. The first-order valence-electron chi connectivity index (χ1n) is 5.41. The van der Waals surface area contributed by atoms with Crippen LogP contribution in [0.5, 0.6) is 5.75 Å². The molecule has 0 spiro atoms. The Bertz CT molecular complexity index is 583. The lowest BCUT2D eigenvalue weighted by molar-refractivity contribution is 0.301. The van der Waals surface area contributed by atoms with Crippen LogP contribution in [0.25, 0.3) is 0 Å². The maximum absolute atomic E-state index is 5.61. The van der Waals surface area contributed by atoms with Crippen LogP contribution >= 0.6 is 11.6 Å². The first kappa shape index (κ1) is 12.5. The van der Waals surface area contributed by atoms with Gasteiger partial charge < -0.3 is 4.74 Å². The maximum Gasteiger partial charge on any atom is 0.134 e. The van der Waals surface area contributed by atoms with E-state index < -0.39 is 0 Å². The predicted octanol–water partition coefficient (Wildman–Crippen LogP) is 1.98. The molecule has 5 heteroatoms. The van der Waals surface area contributed by atoms with Crippen molar-refractivity contribution < 1.29 is 4.74 Å². The molecule has 0 aliphatic carbocycles. The monoisotopic (exact) mass is 261 g/mol. The Kier molecular flexibility index (Phi) is 4.21. The zero-order valence-electron chi connectivity index (χ0n) is 9.93. The molecule has 4 nitrogen and oxygen atoms in total. The van der Waals surface area contributed by atoms with Crippen LogP contribution in [0.15, 0.2) is 30.5 Å². The van der Waals surface area contributed by atoms with Gasteiger partial charge in [-0.05, 0) is 18.2 Å². The maximum atomic E-state index is 5.61. The number of hydrogen-bond donors (Lipinski definition) is 0. The van der Waals surface area contributed by atoms with E-state index in [1.807, 2.05) is 37.5 Å². The third-order valence-electron chi connectivity index (χ3n) is 2.17. The van der Waals surface area contributed by atoms with E-state index >= 15 is 0 Å². The smallest absolute Gasteiger partial charge is 0.134 e.